The lowest BCUT2D eigenvalue weighted by atomic mass is 9.93. The largest absolute Gasteiger partial charge is 0.382 e. The second kappa shape index (κ2) is 6.12. The Morgan fingerprint density at radius 1 is 1.44 bits per heavy atom. The van der Waals surface area contributed by atoms with Crippen molar-refractivity contribution in [3.8, 4) is 0 Å². The van der Waals surface area contributed by atoms with Gasteiger partial charge in [-0.25, -0.2) is 0 Å². The number of methoxy groups -OCH3 is 1. The molecule has 0 saturated carbocycles. The van der Waals surface area contributed by atoms with Crippen LogP contribution in [0, 0.1) is 5.92 Å². The van der Waals surface area contributed by atoms with Crippen molar-refractivity contribution in [2.75, 3.05) is 27.0 Å². The van der Waals surface area contributed by atoms with Crippen LogP contribution in [-0.2, 0) is 18.6 Å². The minimum atomic E-state index is -3.37. The van der Waals surface area contributed by atoms with Gasteiger partial charge in [-0.3, -0.25) is 4.57 Å². The quantitative estimate of drug-likeness (QED) is 0.754. The lowest BCUT2D eigenvalue weighted by molar-refractivity contribution is -0.105. The Balaban J connectivity index is 2.33. The highest BCUT2D eigenvalue weighted by Crippen LogP contribution is 2.38. The molecule has 1 saturated heterocycles. The van der Waals surface area contributed by atoms with Crippen LogP contribution in [0.5, 0.6) is 0 Å². The van der Waals surface area contributed by atoms with Crippen molar-refractivity contribution in [2.45, 2.75) is 32.0 Å². The molecule has 0 amide bonds. The first-order valence-corrected chi connectivity index (χ1v) is 7.54. The Kier molecular flexibility index (Phi) is 5.41. The molecular weight excluding hydrogens is 231 g/mol. The lowest BCUT2D eigenvalue weighted by Gasteiger charge is -2.34. The van der Waals surface area contributed by atoms with Gasteiger partial charge in [0.15, 0.2) is 0 Å². The normalized spacial score (nSPS) is 34.6. The Hall–Kier alpha value is 0.0700. The third kappa shape index (κ3) is 4.93. The van der Waals surface area contributed by atoms with Crippen LogP contribution in [0.2, 0.25) is 0 Å². The van der Waals surface area contributed by atoms with Crippen molar-refractivity contribution in [3.05, 3.63) is 0 Å². The monoisotopic (exact) mass is 252 g/mol. The predicted molar refractivity (Wildman–Crippen MR) is 60.6 cm³/mol. The molecule has 1 heterocycles. The molecule has 0 aromatic rings. The van der Waals surface area contributed by atoms with E-state index in [9.17, 15) is 4.57 Å². The molecule has 1 aliphatic heterocycles. The maximum atomic E-state index is 11.0. The van der Waals surface area contributed by atoms with Crippen LogP contribution < -0.4 is 0 Å². The van der Waals surface area contributed by atoms with E-state index in [0.717, 1.165) is 12.8 Å². The van der Waals surface area contributed by atoms with Gasteiger partial charge < -0.3 is 18.9 Å². The van der Waals surface area contributed by atoms with Gasteiger partial charge in [-0.15, -0.1) is 0 Å². The van der Waals surface area contributed by atoms with Crippen molar-refractivity contribution in [2.24, 2.45) is 5.92 Å². The van der Waals surface area contributed by atoms with Crippen molar-refractivity contribution >= 4 is 7.60 Å². The van der Waals surface area contributed by atoms with Gasteiger partial charge >= 0.3 is 7.60 Å². The van der Waals surface area contributed by atoms with Crippen molar-refractivity contribution in [1.82, 2.24) is 0 Å². The van der Waals surface area contributed by atoms with E-state index in [0.29, 0.717) is 6.61 Å². The maximum Gasteiger partial charge on any atom is 0.325 e. The second-order valence-electron chi connectivity index (χ2n) is 4.35. The van der Waals surface area contributed by atoms with Gasteiger partial charge in [0.25, 0.3) is 0 Å². The van der Waals surface area contributed by atoms with Gasteiger partial charge in [-0.05, 0) is 19.8 Å². The van der Waals surface area contributed by atoms with Gasteiger partial charge in [0.2, 0.25) is 0 Å². The highest BCUT2D eigenvalue weighted by molar-refractivity contribution is 7.51. The van der Waals surface area contributed by atoms with E-state index in [4.69, 9.17) is 18.9 Å². The molecule has 1 aliphatic rings. The van der Waals surface area contributed by atoms with Gasteiger partial charge in [-0.2, -0.15) is 0 Å². The highest BCUT2D eigenvalue weighted by atomic mass is 31.2. The fraction of sp³-hybridized carbons (Fsp3) is 1.00. The summed E-state index contributed by atoms with van der Waals surface area (Å²) in [6.07, 6.45) is 2.03. The number of ether oxygens (including phenoxy) is 2. The Morgan fingerprint density at radius 3 is 2.62 bits per heavy atom. The molecule has 96 valence electrons. The molecule has 0 radical (unpaired) electrons. The van der Waals surface area contributed by atoms with E-state index in [1.54, 1.807) is 7.11 Å². The van der Waals surface area contributed by atoms with Crippen molar-refractivity contribution in [3.63, 3.8) is 0 Å². The first-order valence-electron chi connectivity index (χ1n) is 5.51. The third-order valence-electron chi connectivity index (χ3n) is 2.81. The van der Waals surface area contributed by atoms with Crippen molar-refractivity contribution in [1.29, 1.82) is 0 Å². The average Bonchev–Trinajstić information content (AvgIpc) is 2.15. The third-order valence-corrected chi connectivity index (χ3v) is 3.44. The van der Waals surface area contributed by atoms with Crippen molar-refractivity contribution < 1.29 is 23.5 Å². The van der Waals surface area contributed by atoms with E-state index < -0.39 is 7.60 Å². The van der Waals surface area contributed by atoms with E-state index in [2.05, 4.69) is 0 Å². The van der Waals surface area contributed by atoms with Gasteiger partial charge in [-0.1, -0.05) is 0 Å². The zero-order valence-electron chi connectivity index (χ0n) is 10.1. The Bertz CT molecular complexity index is 252. The predicted octanol–water partition coefficient (Wildman–Crippen LogP) is 1.65. The molecular formula is C10H21O5P. The molecule has 0 aromatic carbocycles. The molecule has 0 aliphatic carbocycles. The van der Waals surface area contributed by atoms with E-state index in [-0.39, 0.29) is 24.7 Å². The fourth-order valence-corrected chi connectivity index (χ4v) is 2.35. The van der Waals surface area contributed by atoms with E-state index in [1.807, 2.05) is 6.92 Å². The van der Waals surface area contributed by atoms with Gasteiger partial charge in [0, 0.05) is 19.7 Å². The summed E-state index contributed by atoms with van der Waals surface area (Å²) < 4.78 is 26.7. The topological polar surface area (TPSA) is 65.0 Å². The molecule has 1 rings (SSSR count). The Labute approximate surface area is 96.6 Å². The minimum absolute atomic E-state index is 0.0421. The minimum Gasteiger partial charge on any atom is -0.382 e. The molecule has 0 bridgehead atoms. The summed E-state index contributed by atoms with van der Waals surface area (Å²) in [5, 5.41) is 0. The molecule has 1 fully saturated rings. The smallest absolute Gasteiger partial charge is 0.325 e. The van der Waals surface area contributed by atoms with Crippen LogP contribution in [0.1, 0.15) is 19.8 Å². The van der Waals surface area contributed by atoms with E-state index >= 15 is 0 Å². The van der Waals surface area contributed by atoms with Crippen LogP contribution in [0.25, 0.3) is 0 Å². The molecule has 0 spiro atoms. The average molecular weight is 252 g/mol. The molecule has 0 aromatic heterocycles. The highest BCUT2D eigenvalue weighted by Gasteiger charge is 2.29. The summed E-state index contributed by atoms with van der Waals surface area (Å²) in [6.45, 7) is 4.05. The summed E-state index contributed by atoms with van der Waals surface area (Å²) in [7, 11) is -1.71. The standard InChI is InChI=1S/C10H21O5P/c1-8-9(6-14-16(3,11)12)4-5-10(15-8)7-13-2/h8-10H,4-7H2,1-3H3,(H,11,12)/t8-,9+,10?/m0/s1. The summed E-state index contributed by atoms with van der Waals surface area (Å²) in [5.74, 6) is 0.188. The summed E-state index contributed by atoms with van der Waals surface area (Å²) in [5.41, 5.74) is 0. The fourth-order valence-electron chi connectivity index (χ4n) is 1.88. The molecule has 5 nitrogen and oxygen atoms in total. The maximum absolute atomic E-state index is 11.0. The summed E-state index contributed by atoms with van der Waals surface area (Å²) in [6, 6.07) is 0. The molecule has 2 unspecified atom stereocenters. The Morgan fingerprint density at radius 2 is 2.12 bits per heavy atom. The molecule has 1 N–H and O–H groups in total. The van der Waals surface area contributed by atoms with Crippen LogP contribution >= 0.6 is 7.60 Å². The summed E-state index contributed by atoms with van der Waals surface area (Å²) in [4.78, 5) is 9.04. The van der Waals surface area contributed by atoms with Crippen LogP contribution in [0.4, 0.5) is 0 Å². The number of hydrogen-bond donors (Lipinski definition) is 1. The van der Waals surface area contributed by atoms with Gasteiger partial charge in [0.1, 0.15) is 0 Å². The van der Waals surface area contributed by atoms with Gasteiger partial charge in [0.05, 0.1) is 25.4 Å². The van der Waals surface area contributed by atoms with Crippen LogP contribution in [0.3, 0.4) is 0 Å². The lowest BCUT2D eigenvalue weighted by Crippen LogP contribution is -2.37. The second-order valence-corrected chi connectivity index (χ2v) is 6.22. The van der Waals surface area contributed by atoms with E-state index in [1.165, 1.54) is 6.66 Å². The first-order chi connectivity index (χ1) is 7.42. The van der Waals surface area contributed by atoms with Crippen LogP contribution in [0.15, 0.2) is 0 Å². The zero-order chi connectivity index (χ0) is 12.2. The first kappa shape index (κ1) is 14.1. The zero-order valence-corrected chi connectivity index (χ0v) is 11.0. The SMILES string of the molecule is COCC1CC[C@H](COP(C)(=O)O)[C@H](C)O1. The molecule has 4 atom stereocenters. The summed E-state index contributed by atoms with van der Waals surface area (Å²) >= 11 is 0. The number of hydrogen-bond acceptors (Lipinski definition) is 4. The number of rotatable bonds is 5. The molecule has 6 heteroatoms. The van der Waals surface area contributed by atoms with Crippen LogP contribution in [-0.4, -0.2) is 44.1 Å². The molecule has 16 heavy (non-hydrogen) atoms.